The van der Waals surface area contributed by atoms with Crippen molar-refractivity contribution in [3.8, 4) is 22.8 Å². The van der Waals surface area contributed by atoms with Gasteiger partial charge in [-0.25, -0.2) is 0 Å². The largest absolute Gasteiger partial charge is 0.337 e. The smallest absolute Gasteiger partial charge is 0.259 e. The Morgan fingerprint density at radius 1 is 1.26 bits per heavy atom. The molecule has 4 rings (SSSR count). The summed E-state index contributed by atoms with van der Waals surface area (Å²) in [4.78, 5) is 19.3. The summed E-state index contributed by atoms with van der Waals surface area (Å²) in [7, 11) is 1.84. The van der Waals surface area contributed by atoms with Gasteiger partial charge in [0, 0.05) is 30.2 Å². The molecular formula is C20H19ClN4O2. The monoisotopic (exact) mass is 382 g/mol. The minimum absolute atomic E-state index is 0.0539. The number of nitrogens with zero attached hydrogens (tertiary/aromatic N) is 3. The van der Waals surface area contributed by atoms with E-state index in [0.717, 1.165) is 25.1 Å². The predicted octanol–water partition coefficient (Wildman–Crippen LogP) is 3.49. The van der Waals surface area contributed by atoms with E-state index >= 15 is 0 Å². The van der Waals surface area contributed by atoms with Gasteiger partial charge in [-0.05, 0) is 37.2 Å². The first-order valence-electron chi connectivity index (χ1n) is 8.80. The molecule has 1 amide bonds. The lowest BCUT2D eigenvalue weighted by Crippen LogP contribution is -2.38. The van der Waals surface area contributed by atoms with Crippen LogP contribution in [0.3, 0.4) is 0 Å². The van der Waals surface area contributed by atoms with Gasteiger partial charge in [-0.15, -0.1) is 0 Å². The molecule has 0 aliphatic carbocycles. The van der Waals surface area contributed by atoms with Crippen molar-refractivity contribution in [2.45, 2.75) is 12.5 Å². The Morgan fingerprint density at radius 2 is 2.11 bits per heavy atom. The van der Waals surface area contributed by atoms with Crippen LogP contribution in [0.4, 0.5) is 0 Å². The number of aromatic nitrogens is 2. The van der Waals surface area contributed by atoms with Crippen LogP contribution >= 0.6 is 11.6 Å². The zero-order chi connectivity index (χ0) is 18.8. The van der Waals surface area contributed by atoms with Crippen molar-refractivity contribution in [2.24, 2.45) is 0 Å². The zero-order valence-electron chi connectivity index (χ0n) is 14.9. The Morgan fingerprint density at radius 3 is 2.89 bits per heavy atom. The van der Waals surface area contributed by atoms with E-state index in [-0.39, 0.29) is 11.9 Å². The normalized spacial score (nSPS) is 16.4. The number of carbonyl (C=O) groups is 1. The third-order valence-electron chi connectivity index (χ3n) is 4.80. The van der Waals surface area contributed by atoms with Crippen LogP contribution in [0.1, 0.15) is 16.8 Å². The van der Waals surface area contributed by atoms with E-state index in [2.05, 4.69) is 15.5 Å². The lowest BCUT2D eigenvalue weighted by molar-refractivity contribution is 0.0744. The van der Waals surface area contributed by atoms with Crippen LogP contribution in [-0.2, 0) is 0 Å². The minimum Gasteiger partial charge on any atom is -0.337 e. The molecule has 1 fully saturated rings. The zero-order valence-corrected chi connectivity index (χ0v) is 15.6. The van der Waals surface area contributed by atoms with E-state index in [1.54, 1.807) is 23.1 Å². The number of nitrogens with one attached hydrogen (secondary N) is 1. The van der Waals surface area contributed by atoms with Gasteiger partial charge in [0.15, 0.2) is 0 Å². The van der Waals surface area contributed by atoms with E-state index in [1.165, 1.54) is 0 Å². The van der Waals surface area contributed by atoms with Gasteiger partial charge in [-0.3, -0.25) is 4.79 Å². The number of rotatable bonds is 4. The summed E-state index contributed by atoms with van der Waals surface area (Å²) in [5.41, 5.74) is 1.93. The van der Waals surface area contributed by atoms with Crippen LogP contribution < -0.4 is 5.32 Å². The maximum absolute atomic E-state index is 13.0. The maximum Gasteiger partial charge on any atom is 0.259 e. The number of hydrogen-bond acceptors (Lipinski definition) is 5. The number of halogens is 1. The van der Waals surface area contributed by atoms with Gasteiger partial charge >= 0.3 is 0 Å². The number of benzene rings is 2. The topological polar surface area (TPSA) is 71.3 Å². The van der Waals surface area contributed by atoms with Crippen LogP contribution in [-0.4, -0.2) is 47.1 Å². The fraction of sp³-hybridized carbons (Fsp3) is 0.250. The van der Waals surface area contributed by atoms with E-state index in [0.29, 0.717) is 27.9 Å². The second kappa shape index (κ2) is 7.50. The van der Waals surface area contributed by atoms with Crippen LogP contribution in [0, 0.1) is 0 Å². The average molecular weight is 383 g/mol. The van der Waals surface area contributed by atoms with Gasteiger partial charge < -0.3 is 14.7 Å². The molecule has 1 aliphatic rings. The molecule has 1 aromatic heterocycles. The molecule has 2 aromatic carbocycles. The summed E-state index contributed by atoms with van der Waals surface area (Å²) in [5, 5.41) is 7.93. The summed E-state index contributed by atoms with van der Waals surface area (Å²) < 4.78 is 5.45. The number of likely N-dealkylation sites (N-methyl/N-ethyl adjacent to an activating group) is 1. The summed E-state index contributed by atoms with van der Waals surface area (Å²) in [6.45, 7) is 1.74. The first-order chi connectivity index (χ1) is 13.1. The van der Waals surface area contributed by atoms with E-state index in [9.17, 15) is 4.79 Å². The predicted molar refractivity (Wildman–Crippen MR) is 104 cm³/mol. The summed E-state index contributed by atoms with van der Waals surface area (Å²) in [6.07, 6.45) is 0.948. The highest BCUT2D eigenvalue weighted by Crippen LogP contribution is 2.27. The van der Waals surface area contributed by atoms with Gasteiger partial charge in [0.05, 0.1) is 11.1 Å². The van der Waals surface area contributed by atoms with Crippen molar-refractivity contribution >= 4 is 17.5 Å². The van der Waals surface area contributed by atoms with Gasteiger partial charge in [0.2, 0.25) is 5.82 Å². The quantitative estimate of drug-likeness (QED) is 0.747. The van der Waals surface area contributed by atoms with Crippen LogP contribution in [0.25, 0.3) is 22.8 Å². The Labute approximate surface area is 162 Å². The van der Waals surface area contributed by atoms with Crippen LogP contribution in [0.2, 0.25) is 5.02 Å². The van der Waals surface area contributed by atoms with Crippen molar-refractivity contribution in [1.29, 1.82) is 0 Å². The molecule has 0 bridgehead atoms. The molecule has 1 N–H and O–H groups in total. The van der Waals surface area contributed by atoms with Crippen molar-refractivity contribution < 1.29 is 9.32 Å². The molecule has 0 saturated carbocycles. The van der Waals surface area contributed by atoms with Gasteiger partial charge in [-0.2, -0.15) is 4.98 Å². The van der Waals surface area contributed by atoms with Crippen molar-refractivity contribution in [2.75, 3.05) is 20.1 Å². The molecule has 3 aromatic rings. The Hall–Kier alpha value is -2.70. The fourth-order valence-electron chi connectivity index (χ4n) is 3.26. The summed E-state index contributed by atoms with van der Waals surface area (Å²) >= 11 is 6.04. The minimum atomic E-state index is -0.0539. The lowest BCUT2D eigenvalue weighted by Gasteiger charge is -2.24. The van der Waals surface area contributed by atoms with Crippen LogP contribution in [0.15, 0.2) is 53.1 Å². The molecule has 1 aliphatic heterocycles. The molecule has 1 saturated heterocycles. The standard InChI is InChI=1S/C20H19ClN4O2/c1-25(15-9-10-22-12-15)20(26)17-8-3-2-7-16(17)19-23-18(24-27-19)13-5-4-6-14(21)11-13/h2-8,11,15,22H,9-10,12H2,1H3. The van der Waals surface area contributed by atoms with Gasteiger partial charge in [0.25, 0.3) is 11.8 Å². The Bertz CT molecular complexity index is 966. The van der Waals surface area contributed by atoms with Gasteiger partial charge in [0.1, 0.15) is 0 Å². The molecular weight excluding hydrogens is 364 g/mol. The third kappa shape index (κ3) is 3.59. The molecule has 0 spiro atoms. The highest BCUT2D eigenvalue weighted by atomic mass is 35.5. The SMILES string of the molecule is CN(C(=O)c1ccccc1-c1nc(-c2cccc(Cl)c2)no1)C1CCNC1. The van der Waals surface area contributed by atoms with Crippen molar-refractivity contribution in [1.82, 2.24) is 20.4 Å². The Kier molecular flexibility index (Phi) is 4.92. The van der Waals surface area contributed by atoms with E-state index in [4.69, 9.17) is 16.1 Å². The highest BCUT2D eigenvalue weighted by molar-refractivity contribution is 6.30. The van der Waals surface area contributed by atoms with E-state index < -0.39 is 0 Å². The first kappa shape index (κ1) is 17.7. The fourth-order valence-corrected chi connectivity index (χ4v) is 3.45. The Balaban J connectivity index is 1.66. The second-order valence-electron chi connectivity index (χ2n) is 6.54. The second-order valence-corrected chi connectivity index (χ2v) is 6.98. The number of carbonyl (C=O) groups excluding carboxylic acids is 1. The van der Waals surface area contributed by atoms with Crippen LogP contribution in [0.5, 0.6) is 0 Å². The molecule has 6 nitrogen and oxygen atoms in total. The average Bonchev–Trinajstić information content (AvgIpc) is 3.39. The molecule has 138 valence electrons. The highest BCUT2D eigenvalue weighted by Gasteiger charge is 2.26. The molecule has 27 heavy (non-hydrogen) atoms. The summed E-state index contributed by atoms with van der Waals surface area (Å²) in [6, 6.07) is 14.7. The summed E-state index contributed by atoms with van der Waals surface area (Å²) in [5.74, 6) is 0.691. The molecule has 2 heterocycles. The lowest BCUT2D eigenvalue weighted by atomic mass is 10.1. The van der Waals surface area contributed by atoms with Crippen molar-refractivity contribution in [3.05, 3.63) is 59.1 Å². The molecule has 0 radical (unpaired) electrons. The van der Waals surface area contributed by atoms with E-state index in [1.807, 2.05) is 37.4 Å². The molecule has 1 unspecified atom stereocenters. The van der Waals surface area contributed by atoms with Crippen molar-refractivity contribution in [3.63, 3.8) is 0 Å². The first-order valence-corrected chi connectivity index (χ1v) is 9.18. The van der Waals surface area contributed by atoms with Gasteiger partial charge in [-0.1, -0.05) is 41.0 Å². The number of hydrogen-bond donors (Lipinski definition) is 1. The third-order valence-corrected chi connectivity index (χ3v) is 5.03. The molecule has 7 heteroatoms. The molecule has 1 atom stereocenters. The maximum atomic E-state index is 13.0. The number of amides is 1.